The van der Waals surface area contributed by atoms with Gasteiger partial charge in [-0.25, -0.2) is 12.8 Å². The third-order valence-corrected chi connectivity index (χ3v) is 5.88. The number of hydrogen-bond donors (Lipinski definition) is 2. The van der Waals surface area contributed by atoms with Crippen LogP contribution in [-0.4, -0.2) is 14.3 Å². The van der Waals surface area contributed by atoms with Crippen LogP contribution in [0.15, 0.2) is 65.6 Å². The van der Waals surface area contributed by atoms with Crippen molar-refractivity contribution in [2.24, 2.45) is 0 Å². The van der Waals surface area contributed by atoms with Crippen molar-refractivity contribution in [1.82, 2.24) is 0 Å². The number of carbonyl (C=O) groups excluding carboxylic acids is 1. The Hall–Kier alpha value is -3.19. The predicted molar refractivity (Wildman–Crippen MR) is 112 cm³/mol. The van der Waals surface area contributed by atoms with Gasteiger partial charge in [0.05, 0.1) is 10.6 Å². The fourth-order valence-electron chi connectivity index (χ4n) is 2.90. The number of rotatable bonds is 5. The van der Waals surface area contributed by atoms with Crippen molar-refractivity contribution >= 4 is 27.3 Å². The molecule has 0 heterocycles. The maximum Gasteiger partial charge on any atom is 0.262 e. The highest BCUT2D eigenvalue weighted by molar-refractivity contribution is 7.92. The normalized spacial score (nSPS) is 11.2. The van der Waals surface area contributed by atoms with Crippen LogP contribution < -0.4 is 10.0 Å². The summed E-state index contributed by atoms with van der Waals surface area (Å²) in [7, 11) is -4.07. The molecule has 2 N–H and O–H groups in total. The second-order valence-corrected chi connectivity index (χ2v) is 8.52. The van der Waals surface area contributed by atoms with Crippen molar-refractivity contribution in [2.75, 3.05) is 10.0 Å². The van der Waals surface area contributed by atoms with Gasteiger partial charge in [0, 0.05) is 11.3 Å². The van der Waals surface area contributed by atoms with Crippen molar-refractivity contribution in [2.45, 2.75) is 25.7 Å². The van der Waals surface area contributed by atoms with Gasteiger partial charge < -0.3 is 5.32 Å². The van der Waals surface area contributed by atoms with E-state index in [0.29, 0.717) is 11.3 Å². The largest absolute Gasteiger partial charge is 0.322 e. The van der Waals surface area contributed by atoms with Crippen LogP contribution in [0.4, 0.5) is 15.8 Å². The number of carbonyl (C=O) groups is 1. The number of amides is 1. The maximum atomic E-state index is 13.8. The molecule has 0 aliphatic heterocycles. The minimum absolute atomic E-state index is 0.128. The summed E-state index contributed by atoms with van der Waals surface area (Å²) >= 11 is 0. The molecule has 3 aromatic rings. The molecular weight excluding hydrogens is 391 g/mol. The van der Waals surface area contributed by atoms with Gasteiger partial charge in [-0.15, -0.1) is 0 Å². The third-order valence-electron chi connectivity index (χ3n) is 4.51. The van der Waals surface area contributed by atoms with Gasteiger partial charge in [-0.1, -0.05) is 35.9 Å². The fourth-order valence-corrected chi connectivity index (χ4v) is 4.00. The number of hydrogen-bond acceptors (Lipinski definition) is 3. The van der Waals surface area contributed by atoms with E-state index < -0.39 is 21.7 Å². The molecule has 3 aromatic carbocycles. The monoisotopic (exact) mass is 412 g/mol. The molecule has 29 heavy (non-hydrogen) atoms. The number of aryl methyl sites for hydroxylation is 3. The van der Waals surface area contributed by atoms with E-state index >= 15 is 0 Å². The first-order chi connectivity index (χ1) is 13.7. The van der Waals surface area contributed by atoms with Gasteiger partial charge in [0.1, 0.15) is 5.82 Å². The van der Waals surface area contributed by atoms with Crippen LogP contribution in [0.25, 0.3) is 0 Å². The SMILES string of the molecule is Cc1ccc(NC(=O)c2cc(S(=O)(=O)Nc3ccccc3F)ccc2C)c(C)c1. The average Bonchev–Trinajstić information content (AvgIpc) is 2.66. The lowest BCUT2D eigenvalue weighted by Gasteiger charge is -2.13. The molecule has 3 rings (SSSR count). The van der Waals surface area contributed by atoms with E-state index in [1.807, 2.05) is 26.0 Å². The highest BCUT2D eigenvalue weighted by Gasteiger charge is 2.20. The van der Waals surface area contributed by atoms with Gasteiger partial charge in [0.2, 0.25) is 0 Å². The van der Waals surface area contributed by atoms with Gasteiger partial charge in [-0.3, -0.25) is 9.52 Å². The number of nitrogens with one attached hydrogen (secondary N) is 2. The highest BCUT2D eigenvalue weighted by Crippen LogP contribution is 2.23. The van der Waals surface area contributed by atoms with Crippen LogP contribution in [0.5, 0.6) is 0 Å². The lowest BCUT2D eigenvalue weighted by molar-refractivity contribution is 0.102. The molecule has 0 fully saturated rings. The fraction of sp³-hybridized carbons (Fsp3) is 0.136. The Morgan fingerprint density at radius 2 is 1.59 bits per heavy atom. The molecule has 7 heteroatoms. The smallest absolute Gasteiger partial charge is 0.262 e. The molecule has 1 amide bonds. The first-order valence-electron chi connectivity index (χ1n) is 8.94. The molecule has 0 aliphatic rings. The van der Waals surface area contributed by atoms with Crippen molar-refractivity contribution in [3.05, 3.63) is 88.7 Å². The summed E-state index contributed by atoms with van der Waals surface area (Å²) < 4.78 is 41.4. The Kier molecular flexibility index (Phi) is 5.70. The zero-order chi connectivity index (χ0) is 21.2. The maximum absolute atomic E-state index is 13.8. The van der Waals surface area contributed by atoms with E-state index in [0.717, 1.165) is 17.2 Å². The number of benzene rings is 3. The molecule has 0 bridgehead atoms. The zero-order valence-electron chi connectivity index (χ0n) is 16.3. The summed E-state index contributed by atoms with van der Waals surface area (Å²) in [6.07, 6.45) is 0. The molecule has 150 valence electrons. The van der Waals surface area contributed by atoms with Gasteiger partial charge in [-0.2, -0.15) is 0 Å². The molecular formula is C22H21FN2O3S. The molecule has 0 aromatic heterocycles. The minimum Gasteiger partial charge on any atom is -0.322 e. The summed E-state index contributed by atoms with van der Waals surface area (Å²) in [6, 6.07) is 15.3. The van der Waals surface area contributed by atoms with Crippen LogP contribution in [0, 0.1) is 26.6 Å². The first kappa shape index (κ1) is 20.5. The number of sulfonamides is 1. The molecule has 5 nitrogen and oxygen atoms in total. The molecule has 0 spiro atoms. The molecule has 0 saturated heterocycles. The lowest BCUT2D eigenvalue weighted by Crippen LogP contribution is -2.18. The summed E-state index contributed by atoms with van der Waals surface area (Å²) in [4.78, 5) is 12.6. The van der Waals surface area contributed by atoms with Gasteiger partial charge in [-0.05, 0) is 62.2 Å². The van der Waals surface area contributed by atoms with E-state index in [1.165, 1.54) is 30.3 Å². The van der Waals surface area contributed by atoms with E-state index in [1.54, 1.807) is 19.1 Å². The topological polar surface area (TPSA) is 75.3 Å². The first-order valence-corrected chi connectivity index (χ1v) is 10.4. The van der Waals surface area contributed by atoms with Crippen LogP contribution >= 0.6 is 0 Å². The van der Waals surface area contributed by atoms with Crippen LogP contribution in [0.3, 0.4) is 0 Å². The van der Waals surface area contributed by atoms with Gasteiger partial charge in [0.25, 0.3) is 15.9 Å². The van der Waals surface area contributed by atoms with Crippen molar-refractivity contribution in [1.29, 1.82) is 0 Å². The Balaban J connectivity index is 1.91. The minimum atomic E-state index is -4.07. The second kappa shape index (κ2) is 8.05. The number of anilines is 2. The van der Waals surface area contributed by atoms with Crippen LogP contribution in [0.1, 0.15) is 27.0 Å². The Bertz CT molecular complexity index is 1190. The van der Waals surface area contributed by atoms with Crippen molar-refractivity contribution < 1.29 is 17.6 Å². The summed E-state index contributed by atoms with van der Waals surface area (Å²) in [5.41, 5.74) is 3.32. The highest BCUT2D eigenvalue weighted by atomic mass is 32.2. The summed E-state index contributed by atoms with van der Waals surface area (Å²) in [5.74, 6) is -1.10. The average molecular weight is 412 g/mol. The summed E-state index contributed by atoms with van der Waals surface area (Å²) in [6.45, 7) is 5.56. The molecule has 0 saturated carbocycles. The van der Waals surface area contributed by atoms with Gasteiger partial charge in [0.15, 0.2) is 0 Å². The predicted octanol–water partition coefficient (Wildman–Crippen LogP) is 4.80. The Morgan fingerprint density at radius 1 is 0.862 bits per heavy atom. The van der Waals surface area contributed by atoms with E-state index in [9.17, 15) is 17.6 Å². The van der Waals surface area contributed by atoms with Crippen molar-refractivity contribution in [3.63, 3.8) is 0 Å². The zero-order valence-corrected chi connectivity index (χ0v) is 17.1. The number of para-hydroxylation sites is 1. The molecule has 0 atom stereocenters. The number of halogens is 1. The van der Waals surface area contributed by atoms with E-state index in [4.69, 9.17) is 0 Å². The lowest BCUT2D eigenvalue weighted by atomic mass is 10.1. The third kappa shape index (κ3) is 4.63. The standard InChI is InChI=1S/C22H21FN2O3S/c1-14-8-11-20(16(3)12-14)24-22(26)18-13-17(10-9-15(18)2)29(27,28)25-21-7-5-4-6-19(21)23/h4-13,25H,1-3H3,(H,24,26). The van der Waals surface area contributed by atoms with Crippen LogP contribution in [0.2, 0.25) is 0 Å². The Labute approximate surface area is 169 Å². The quantitative estimate of drug-likeness (QED) is 0.632. The van der Waals surface area contributed by atoms with Gasteiger partial charge >= 0.3 is 0 Å². The van der Waals surface area contributed by atoms with E-state index in [-0.39, 0.29) is 16.1 Å². The molecule has 0 radical (unpaired) electrons. The Morgan fingerprint density at radius 3 is 2.28 bits per heavy atom. The molecule has 0 unspecified atom stereocenters. The van der Waals surface area contributed by atoms with Crippen molar-refractivity contribution in [3.8, 4) is 0 Å². The second-order valence-electron chi connectivity index (χ2n) is 6.83. The summed E-state index contributed by atoms with van der Waals surface area (Å²) in [5, 5.41) is 2.82. The molecule has 0 aliphatic carbocycles. The van der Waals surface area contributed by atoms with E-state index in [2.05, 4.69) is 10.0 Å². The van der Waals surface area contributed by atoms with Crippen LogP contribution in [-0.2, 0) is 10.0 Å².